The van der Waals surface area contributed by atoms with Crippen LogP contribution >= 0.6 is 15.9 Å². The zero-order valence-electron chi connectivity index (χ0n) is 16.0. The first-order valence-corrected chi connectivity index (χ1v) is 10.3. The topological polar surface area (TPSA) is 67.5 Å². The highest BCUT2D eigenvalue weighted by Gasteiger charge is 2.11. The standard InChI is InChI=1S/C23H20BrN3O2/c1-2-3-8-22-26-20-11-10-16(24)13-18(20)23(29)27(22)25-14-19-17-7-5-4-6-15(17)9-12-21(19)28/h4-7,9-14,28H,2-3,8H2,1H3. The van der Waals surface area contributed by atoms with Crippen LogP contribution in [0.4, 0.5) is 0 Å². The molecule has 0 unspecified atom stereocenters. The summed E-state index contributed by atoms with van der Waals surface area (Å²) in [4.78, 5) is 17.8. The van der Waals surface area contributed by atoms with E-state index >= 15 is 0 Å². The summed E-state index contributed by atoms with van der Waals surface area (Å²) >= 11 is 3.42. The summed E-state index contributed by atoms with van der Waals surface area (Å²) < 4.78 is 2.17. The van der Waals surface area contributed by atoms with Crippen molar-refractivity contribution in [3.63, 3.8) is 0 Å². The molecule has 1 N–H and O–H groups in total. The summed E-state index contributed by atoms with van der Waals surface area (Å²) in [5.74, 6) is 0.731. The van der Waals surface area contributed by atoms with Gasteiger partial charge in [-0.25, -0.2) is 4.98 Å². The molecule has 0 amide bonds. The van der Waals surface area contributed by atoms with E-state index in [-0.39, 0.29) is 11.3 Å². The van der Waals surface area contributed by atoms with Crippen molar-refractivity contribution in [1.29, 1.82) is 0 Å². The third-order valence-electron chi connectivity index (χ3n) is 4.88. The predicted molar refractivity (Wildman–Crippen MR) is 121 cm³/mol. The summed E-state index contributed by atoms with van der Waals surface area (Å²) in [6.45, 7) is 2.10. The molecule has 4 rings (SSSR count). The summed E-state index contributed by atoms with van der Waals surface area (Å²) in [5, 5.41) is 17.2. The van der Waals surface area contributed by atoms with Crippen molar-refractivity contribution in [2.24, 2.45) is 5.10 Å². The zero-order valence-corrected chi connectivity index (χ0v) is 17.6. The Kier molecular flexibility index (Phi) is 5.45. The van der Waals surface area contributed by atoms with Crippen LogP contribution in [0.15, 0.2) is 69.0 Å². The Morgan fingerprint density at radius 2 is 1.97 bits per heavy atom. The van der Waals surface area contributed by atoms with Crippen molar-refractivity contribution in [3.05, 3.63) is 80.8 Å². The summed E-state index contributed by atoms with van der Waals surface area (Å²) in [5.41, 5.74) is 1.01. The lowest BCUT2D eigenvalue weighted by Gasteiger charge is -2.10. The molecule has 0 fully saturated rings. The molecule has 146 valence electrons. The van der Waals surface area contributed by atoms with Crippen LogP contribution in [0, 0.1) is 0 Å². The van der Waals surface area contributed by atoms with Crippen LogP contribution < -0.4 is 5.56 Å². The van der Waals surface area contributed by atoms with Gasteiger partial charge in [0.05, 0.1) is 17.1 Å². The monoisotopic (exact) mass is 449 g/mol. The Balaban J connectivity index is 1.90. The Bertz CT molecular complexity index is 1290. The van der Waals surface area contributed by atoms with Crippen LogP contribution in [0.1, 0.15) is 31.2 Å². The Hall–Kier alpha value is -2.99. The van der Waals surface area contributed by atoms with Gasteiger partial charge in [0, 0.05) is 16.5 Å². The fraction of sp³-hybridized carbons (Fsp3) is 0.174. The molecule has 0 aliphatic rings. The number of hydrogen-bond donors (Lipinski definition) is 1. The number of benzene rings is 3. The van der Waals surface area contributed by atoms with Crippen LogP contribution in [0.5, 0.6) is 5.75 Å². The van der Waals surface area contributed by atoms with E-state index in [0.29, 0.717) is 28.7 Å². The number of aromatic hydroxyl groups is 1. The van der Waals surface area contributed by atoms with Crippen LogP contribution in [0.3, 0.4) is 0 Å². The number of phenolic OH excluding ortho intramolecular Hbond substituents is 1. The van der Waals surface area contributed by atoms with Gasteiger partial charge in [0.2, 0.25) is 0 Å². The smallest absolute Gasteiger partial charge is 0.282 e. The van der Waals surface area contributed by atoms with Gasteiger partial charge in [-0.2, -0.15) is 9.78 Å². The van der Waals surface area contributed by atoms with Gasteiger partial charge in [-0.1, -0.05) is 59.6 Å². The van der Waals surface area contributed by atoms with E-state index in [4.69, 9.17) is 0 Å². The average Bonchev–Trinajstić information content (AvgIpc) is 2.73. The normalized spacial score (nSPS) is 11.7. The van der Waals surface area contributed by atoms with Gasteiger partial charge in [0.1, 0.15) is 11.6 Å². The quantitative estimate of drug-likeness (QED) is 0.423. The van der Waals surface area contributed by atoms with E-state index < -0.39 is 0 Å². The molecule has 1 heterocycles. The largest absolute Gasteiger partial charge is 0.507 e. The number of halogens is 1. The molecule has 0 saturated carbocycles. The minimum absolute atomic E-state index is 0.118. The van der Waals surface area contributed by atoms with E-state index in [9.17, 15) is 9.90 Å². The van der Waals surface area contributed by atoms with Gasteiger partial charge in [-0.3, -0.25) is 4.79 Å². The molecule has 3 aromatic carbocycles. The molecule has 29 heavy (non-hydrogen) atoms. The maximum Gasteiger partial charge on any atom is 0.282 e. The van der Waals surface area contributed by atoms with Crippen molar-refractivity contribution in [2.75, 3.05) is 0 Å². The van der Waals surface area contributed by atoms with Gasteiger partial charge in [0.25, 0.3) is 5.56 Å². The molecule has 6 heteroatoms. The van der Waals surface area contributed by atoms with Gasteiger partial charge in [0.15, 0.2) is 0 Å². The van der Waals surface area contributed by atoms with Crippen molar-refractivity contribution in [1.82, 2.24) is 9.66 Å². The second-order valence-corrected chi connectivity index (χ2v) is 7.79. The van der Waals surface area contributed by atoms with E-state index in [1.165, 1.54) is 4.68 Å². The number of aryl methyl sites for hydroxylation is 1. The second-order valence-electron chi connectivity index (χ2n) is 6.87. The van der Waals surface area contributed by atoms with E-state index in [0.717, 1.165) is 28.1 Å². The van der Waals surface area contributed by atoms with Crippen LogP contribution in [0.25, 0.3) is 21.7 Å². The maximum atomic E-state index is 13.2. The van der Waals surface area contributed by atoms with E-state index in [1.807, 2.05) is 42.5 Å². The SMILES string of the molecule is CCCCc1nc2ccc(Br)cc2c(=O)n1N=Cc1c(O)ccc2ccccc12. The van der Waals surface area contributed by atoms with Gasteiger partial charge in [-0.15, -0.1) is 0 Å². The highest BCUT2D eigenvalue weighted by Crippen LogP contribution is 2.25. The van der Waals surface area contributed by atoms with Crippen molar-refractivity contribution < 1.29 is 5.11 Å². The molecule has 5 nitrogen and oxygen atoms in total. The predicted octanol–water partition coefficient (Wildman–Crippen LogP) is 5.24. The number of rotatable bonds is 5. The molecular weight excluding hydrogens is 430 g/mol. The van der Waals surface area contributed by atoms with Crippen molar-refractivity contribution >= 4 is 43.8 Å². The molecule has 0 bridgehead atoms. The molecule has 0 aliphatic heterocycles. The summed E-state index contributed by atoms with van der Waals surface area (Å²) in [7, 11) is 0. The van der Waals surface area contributed by atoms with Crippen molar-refractivity contribution in [3.8, 4) is 5.75 Å². The van der Waals surface area contributed by atoms with Gasteiger partial charge >= 0.3 is 0 Å². The molecule has 0 spiro atoms. The Morgan fingerprint density at radius 1 is 1.14 bits per heavy atom. The first kappa shape index (κ1) is 19.3. The maximum absolute atomic E-state index is 13.2. The van der Waals surface area contributed by atoms with E-state index in [2.05, 4.69) is 32.9 Å². The highest BCUT2D eigenvalue weighted by atomic mass is 79.9. The third kappa shape index (κ3) is 3.80. The van der Waals surface area contributed by atoms with Crippen LogP contribution in [0.2, 0.25) is 0 Å². The number of fused-ring (bicyclic) bond motifs is 2. The molecule has 0 radical (unpaired) electrons. The number of hydrogen-bond acceptors (Lipinski definition) is 4. The van der Waals surface area contributed by atoms with Gasteiger partial charge < -0.3 is 5.11 Å². The number of aromatic nitrogens is 2. The van der Waals surface area contributed by atoms with E-state index in [1.54, 1.807) is 18.3 Å². The molecular formula is C23H20BrN3O2. The first-order valence-electron chi connectivity index (χ1n) is 9.54. The fourth-order valence-corrected chi connectivity index (χ4v) is 3.71. The highest BCUT2D eigenvalue weighted by molar-refractivity contribution is 9.10. The molecule has 0 atom stereocenters. The zero-order chi connectivity index (χ0) is 20.4. The minimum atomic E-state index is -0.224. The second kappa shape index (κ2) is 8.17. The lowest BCUT2D eigenvalue weighted by molar-refractivity contribution is 0.475. The first-order chi connectivity index (χ1) is 14.1. The molecule has 0 aliphatic carbocycles. The number of phenols is 1. The van der Waals surface area contributed by atoms with Crippen molar-refractivity contribution in [2.45, 2.75) is 26.2 Å². The lowest BCUT2D eigenvalue weighted by atomic mass is 10.0. The van der Waals surface area contributed by atoms with Gasteiger partial charge in [-0.05, 0) is 41.5 Å². The Labute approximate surface area is 176 Å². The fourth-order valence-electron chi connectivity index (χ4n) is 3.35. The number of nitrogens with zero attached hydrogens (tertiary/aromatic N) is 3. The van der Waals surface area contributed by atoms with Crippen LogP contribution in [-0.4, -0.2) is 21.0 Å². The molecule has 1 aromatic heterocycles. The average molecular weight is 450 g/mol. The lowest BCUT2D eigenvalue weighted by Crippen LogP contribution is -2.22. The number of unbranched alkanes of at least 4 members (excludes halogenated alkanes) is 1. The Morgan fingerprint density at radius 3 is 2.79 bits per heavy atom. The molecule has 4 aromatic rings. The van der Waals surface area contributed by atoms with Crippen LogP contribution in [-0.2, 0) is 6.42 Å². The third-order valence-corrected chi connectivity index (χ3v) is 5.37. The summed E-state index contributed by atoms with van der Waals surface area (Å²) in [6, 6.07) is 16.7. The molecule has 0 saturated heterocycles. The summed E-state index contributed by atoms with van der Waals surface area (Å²) in [6.07, 6.45) is 4.09. The minimum Gasteiger partial charge on any atom is -0.507 e.